The molecule has 1 aromatic rings. The SMILES string of the molecule is O=C(c1ccc(Br)cc1)N1CCSC1. The van der Waals surface area contributed by atoms with Crippen molar-refractivity contribution in [3.05, 3.63) is 34.3 Å². The van der Waals surface area contributed by atoms with Gasteiger partial charge in [-0.3, -0.25) is 4.79 Å². The van der Waals surface area contributed by atoms with E-state index in [1.807, 2.05) is 29.2 Å². The Morgan fingerprint density at radius 2 is 2.07 bits per heavy atom. The number of nitrogens with zero attached hydrogens (tertiary/aromatic N) is 1. The zero-order valence-electron chi connectivity index (χ0n) is 7.57. The minimum Gasteiger partial charge on any atom is -0.329 e. The molecular weight excluding hydrogens is 262 g/mol. The van der Waals surface area contributed by atoms with Gasteiger partial charge in [-0.1, -0.05) is 15.9 Å². The number of rotatable bonds is 1. The van der Waals surface area contributed by atoms with Gasteiger partial charge in [-0.15, -0.1) is 11.8 Å². The molecule has 0 aliphatic carbocycles. The highest BCUT2D eigenvalue weighted by Gasteiger charge is 2.19. The smallest absolute Gasteiger partial charge is 0.254 e. The Morgan fingerprint density at radius 1 is 1.36 bits per heavy atom. The monoisotopic (exact) mass is 271 g/mol. The molecule has 0 aromatic heterocycles. The summed E-state index contributed by atoms with van der Waals surface area (Å²) in [6.07, 6.45) is 0. The van der Waals surface area contributed by atoms with Crippen LogP contribution >= 0.6 is 27.7 Å². The summed E-state index contributed by atoms with van der Waals surface area (Å²) in [4.78, 5) is 13.7. The summed E-state index contributed by atoms with van der Waals surface area (Å²) in [5, 5.41) is 0. The van der Waals surface area contributed by atoms with E-state index in [1.165, 1.54) is 0 Å². The summed E-state index contributed by atoms with van der Waals surface area (Å²) >= 11 is 5.15. The van der Waals surface area contributed by atoms with Crippen molar-refractivity contribution in [2.75, 3.05) is 18.2 Å². The molecule has 0 radical (unpaired) electrons. The molecule has 1 saturated heterocycles. The number of thioether (sulfide) groups is 1. The van der Waals surface area contributed by atoms with Crippen molar-refractivity contribution in [1.29, 1.82) is 0 Å². The third-order valence-electron chi connectivity index (χ3n) is 2.13. The van der Waals surface area contributed by atoms with Crippen LogP contribution in [0, 0.1) is 0 Å². The van der Waals surface area contributed by atoms with Gasteiger partial charge in [0.25, 0.3) is 5.91 Å². The highest BCUT2D eigenvalue weighted by molar-refractivity contribution is 9.10. The van der Waals surface area contributed by atoms with E-state index >= 15 is 0 Å². The molecular formula is C10H10BrNOS. The Bertz CT molecular complexity index is 332. The summed E-state index contributed by atoms with van der Waals surface area (Å²) in [5.41, 5.74) is 0.774. The number of benzene rings is 1. The van der Waals surface area contributed by atoms with Gasteiger partial charge in [0.1, 0.15) is 0 Å². The van der Waals surface area contributed by atoms with Crippen LogP contribution in [0.15, 0.2) is 28.7 Å². The van der Waals surface area contributed by atoms with Crippen molar-refractivity contribution in [3.63, 3.8) is 0 Å². The molecule has 0 saturated carbocycles. The first kappa shape index (κ1) is 10.1. The Hall–Kier alpha value is -0.480. The Labute approximate surface area is 95.8 Å². The Kier molecular flexibility index (Phi) is 3.13. The molecule has 0 bridgehead atoms. The molecule has 74 valence electrons. The van der Waals surface area contributed by atoms with E-state index in [1.54, 1.807) is 11.8 Å². The van der Waals surface area contributed by atoms with Crippen LogP contribution in [0.3, 0.4) is 0 Å². The van der Waals surface area contributed by atoms with Crippen molar-refractivity contribution in [1.82, 2.24) is 4.90 Å². The van der Waals surface area contributed by atoms with Gasteiger partial charge < -0.3 is 4.90 Å². The molecule has 4 heteroatoms. The third kappa shape index (κ3) is 2.12. The molecule has 1 aliphatic heterocycles. The average molecular weight is 272 g/mol. The van der Waals surface area contributed by atoms with Crippen molar-refractivity contribution < 1.29 is 4.79 Å². The minimum absolute atomic E-state index is 0.141. The maximum absolute atomic E-state index is 11.9. The molecule has 0 atom stereocenters. The van der Waals surface area contributed by atoms with Crippen molar-refractivity contribution in [2.45, 2.75) is 0 Å². The zero-order chi connectivity index (χ0) is 9.97. The first-order chi connectivity index (χ1) is 6.77. The second-order valence-electron chi connectivity index (χ2n) is 3.11. The average Bonchev–Trinajstić information content (AvgIpc) is 2.71. The van der Waals surface area contributed by atoms with E-state index in [2.05, 4.69) is 15.9 Å². The lowest BCUT2D eigenvalue weighted by Gasteiger charge is -2.13. The molecule has 1 aliphatic rings. The predicted octanol–water partition coefficient (Wildman–Crippen LogP) is 2.60. The maximum atomic E-state index is 11.9. The van der Waals surface area contributed by atoms with Crippen LogP contribution < -0.4 is 0 Å². The molecule has 0 unspecified atom stereocenters. The van der Waals surface area contributed by atoms with Crippen molar-refractivity contribution >= 4 is 33.6 Å². The Balaban J connectivity index is 2.14. The fourth-order valence-corrected chi connectivity index (χ4v) is 2.56. The molecule has 0 N–H and O–H groups in total. The summed E-state index contributed by atoms with van der Waals surface area (Å²) in [7, 11) is 0. The summed E-state index contributed by atoms with van der Waals surface area (Å²) in [5.74, 6) is 2.03. The molecule has 2 rings (SSSR count). The quantitative estimate of drug-likeness (QED) is 0.783. The van der Waals surface area contributed by atoms with Gasteiger partial charge in [-0.25, -0.2) is 0 Å². The van der Waals surface area contributed by atoms with Crippen LogP contribution in [0.2, 0.25) is 0 Å². The number of carbonyl (C=O) groups is 1. The van der Waals surface area contributed by atoms with Gasteiger partial charge in [0.2, 0.25) is 0 Å². The highest BCUT2D eigenvalue weighted by atomic mass is 79.9. The molecule has 1 amide bonds. The second-order valence-corrected chi connectivity index (χ2v) is 5.10. The molecule has 14 heavy (non-hydrogen) atoms. The number of carbonyl (C=O) groups excluding carboxylic acids is 1. The van der Waals surface area contributed by atoms with Gasteiger partial charge in [0.05, 0.1) is 5.88 Å². The molecule has 0 spiro atoms. The molecule has 2 nitrogen and oxygen atoms in total. The normalized spacial score (nSPS) is 15.9. The van der Waals surface area contributed by atoms with Crippen molar-refractivity contribution in [2.24, 2.45) is 0 Å². The zero-order valence-corrected chi connectivity index (χ0v) is 9.97. The van der Waals surface area contributed by atoms with Gasteiger partial charge in [-0.05, 0) is 24.3 Å². The second kappa shape index (κ2) is 4.36. The number of hydrogen-bond acceptors (Lipinski definition) is 2. The number of halogens is 1. The van der Waals surface area contributed by atoms with Gasteiger partial charge in [0, 0.05) is 22.3 Å². The summed E-state index contributed by atoms with van der Waals surface area (Å²) < 4.78 is 1.00. The topological polar surface area (TPSA) is 20.3 Å². The van der Waals surface area contributed by atoms with Gasteiger partial charge >= 0.3 is 0 Å². The van der Waals surface area contributed by atoms with Gasteiger partial charge in [0.15, 0.2) is 0 Å². The van der Waals surface area contributed by atoms with Crippen LogP contribution in [0.25, 0.3) is 0 Å². The molecule has 1 fully saturated rings. The van der Waals surface area contributed by atoms with Crippen LogP contribution in [0.4, 0.5) is 0 Å². The first-order valence-electron chi connectivity index (χ1n) is 4.40. The first-order valence-corrected chi connectivity index (χ1v) is 6.35. The van der Waals surface area contributed by atoms with Crippen LogP contribution in [0.5, 0.6) is 0 Å². The number of hydrogen-bond donors (Lipinski definition) is 0. The number of amides is 1. The lowest BCUT2D eigenvalue weighted by Crippen LogP contribution is -2.27. The van der Waals surface area contributed by atoms with Gasteiger partial charge in [-0.2, -0.15) is 0 Å². The largest absolute Gasteiger partial charge is 0.329 e. The van der Waals surface area contributed by atoms with E-state index in [0.29, 0.717) is 0 Å². The predicted molar refractivity (Wildman–Crippen MR) is 62.5 cm³/mol. The summed E-state index contributed by atoms with van der Waals surface area (Å²) in [6, 6.07) is 7.51. The lowest BCUT2D eigenvalue weighted by molar-refractivity contribution is 0.0803. The van der Waals surface area contributed by atoms with E-state index in [-0.39, 0.29) is 5.91 Å². The van der Waals surface area contributed by atoms with Crippen LogP contribution in [-0.4, -0.2) is 29.0 Å². The maximum Gasteiger partial charge on any atom is 0.254 e. The van der Waals surface area contributed by atoms with Crippen LogP contribution in [-0.2, 0) is 0 Å². The lowest BCUT2D eigenvalue weighted by atomic mass is 10.2. The van der Waals surface area contributed by atoms with Crippen molar-refractivity contribution in [3.8, 4) is 0 Å². The summed E-state index contributed by atoms with van der Waals surface area (Å²) in [6.45, 7) is 0.875. The van der Waals surface area contributed by atoms with E-state index < -0.39 is 0 Å². The fraction of sp³-hybridized carbons (Fsp3) is 0.300. The standard InChI is InChI=1S/C10H10BrNOS/c11-9-3-1-8(2-4-9)10(13)12-5-6-14-7-12/h1-4H,5-7H2. The fourth-order valence-electron chi connectivity index (χ4n) is 1.35. The molecule has 1 heterocycles. The van der Waals surface area contributed by atoms with E-state index in [0.717, 1.165) is 28.2 Å². The minimum atomic E-state index is 0.141. The third-order valence-corrected chi connectivity index (χ3v) is 3.63. The highest BCUT2D eigenvalue weighted by Crippen LogP contribution is 2.18. The van der Waals surface area contributed by atoms with Crippen LogP contribution in [0.1, 0.15) is 10.4 Å². The molecule has 1 aromatic carbocycles. The van der Waals surface area contributed by atoms with E-state index in [9.17, 15) is 4.79 Å². The Morgan fingerprint density at radius 3 is 2.64 bits per heavy atom. The van der Waals surface area contributed by atoms with E-state index in [4.69, 9.17) is 0 Å².